The van der Waals surface area contributed by atoms with Gasteiger partial charge in [0.25, 0.3) is 0 Å². The van der Waals surface area contributed by atoms with Crippen molar-refractivity contribution in [2.45, 2.75) is 77.5 Å². The topological polar surface area (TPSA) is 175 Å². The Balaban J connectivity index is 1.09. The molecule has 0 unspecified atom stereocenters. The van der Waals surface area contributed by atoms with Crippen LogP contribution < -0.4 is 10.6 Å². The van der Waals surface area contributed by atoms with E-state index in [2.05, 4.69) is 75.2 Å². The first kappa shape index (κ1) is 40.0. The molecule has 2 fully saturated rings. The fraction of sp³-hybridized carbons (Fsp3) is 0.409. The van der Waals surface area contributed by atoms with E-state index < -0.39 is 24.3 Å². The zero-order valence-corrected chi connectivity index (χ0v) is 33.9. The minimum absolute atomic E-state index is 0.111. The number of likely N-dealkylation sites (tertiary alicyclic amines) is 2. The van der Waals surface area contributed by atoms with Gasteiger partial charge in [-0.25, -0.2) is 19.6 Å². The van der Waals surface area contributed by atoms with Gasteiger partial charge in [0.15, 0.2) is 0 Å². The molecule has 0 bridgehead atoms. The molecule has 0 radical (unpaired) electrons. The Bertz CT molecular complexity index is 2280. The number of nitrogens with one attached hydrogen (secondary N) is 4. The van der Waals surface area contributed by atoms with E-state index in [1.165, 1.54) is 14.2 Å². The molecule has 14 heteroatoms. The lowest BCUT2D eigenvalue weighted by atomic mass is 9.94. The van der Waals surface area contributed by atoms with E-state index in [0.717, 1.165) is 81.7 Å². The summed E-state index contributed by atoms with van der Waals surface area (Å²) in [6.07, 6.45) is 5.61. The number of nitrogens with zero attached hydrogens (tertiary/aromatic N) is 4. The van der Waals surface area contributed by atoms with Crippen LogP contribution in [0.3, 0.4) is 0 Å². The number of ether oxygens (including phenoxy) is 2. The van der Waals surface area contributed by atoms with Crippen molar-refractivity contribution in [3.05, 3.63) is 84.7 Å². The number of carbonyl (C=O) groups is 4. The van der Waals surface area contributed by atoms with E-state index >= 15 is 0 Å². The van der Waals surface area contributed by atoms with Gasteiger partial charge in [-0.05, 0) is 65.0 Å². The lowest BCUT2D eigenvalue weighted by Crippen LogP contribution is -2.51. The number of amides is 4. The Hall–Kier alpha value is -6.18. The number of hydrogen-bond donors (Lipinski definition) is 4. The number of fused-ring (bicyclic) bond motifs is 1. The lowest BCUT2D eigenvalue weighted by molar-refractivity contribution is -0.136. The summed E-state index contributed by atoms with van der Waals surface area (Å²) in [5, 5.41) is 7.57. The van der Waals surface area contributed by atoms with Crippen molar-refractivity contribution in [1.29, 1.82) is 0 Å². The fourth-order valence-electron chi connectivity index (χ4n) is 8.31. The van der Waals surface area contributed by atoms with Crippen LogP contribution in [0.4, 0.5) is 9.59 Å². The first-order valence-corrected chi connectivity index (χ1v) is 20.0. The van der Waals surface area contributed by atoms with Crippen LogP contribution in [-0.2, 0) is 19.1 Å². The summed E-state index contributed by atoms with van der Waals surface area (Å²) >= 11 is 0. The van der Waals surface area contributed by atoms with Crippen molar-refractivity contribution in [3.63, 3.8) is 0 Å². The Morgan fingerprint density at radius 1 is 0.638 bits per heavy atom. The van der Waals surface area contributed by atoms with E-state index in [4.69, 9.17) is 19.4 Å². The Morgan fingerprint density at radius 3 is 1.59 bits per heavy atom. The maximum atomic E-state index is 13.7. The molecule has 2 aromatic heterocycles. The van der Waals surface area contributed by atoms with Crippen LogP contribution in [0.1, 0.15) is 77.1 Å². The number of alkyl carbamates (subject to hydrolysis) is 2. The summed E-state index contributed by atoms with van der Waals surface area (Å²) in [4.78, 5) is 71.4. The van der Waals surface area contributed by atoms with Gasteiger partial charge in [-0.1, -0.05) is 88.4 Å². The summed E-state index contributed by atoms with van der Waals surface area (Å²) in [7, 11) is 2.58. The zero-order valence-electron chi connectivity index (χ0n) is 33.9. The molecule has 0 saturated carbocycles. The fourth-order valence-corrected chi connectivity index (χ4v) is 8.31. The highest BCUT2D eigenvalue weighted by Crippen LogP contribution is 2.38. The van der Waals surface area contributed by atoms with Crippen LogP contribution >= 0.6 is 0 Å². The van der Waals surface area contributed by atoms with Gasteiger partial charge in [-0.15, -0.1) is 0 Å². The highest BCUT2D eigenvalue weighted by molar-refractivity contribution is 6.04. The average Bonchev–Trinajstić information content (AvgIpc) is 4.07. The molecule has 304 valence electrons. The van der Waals surface area contributed by atoms with Gasteiger partial charge in [-0.2, -0.15) is 0 Å². The number of aromatic amines is 2. The highest BCUT2D eigenvalue weighted by atomic mass is 16.5. The number of carbonyl (C=O) groups excluding carboxylic acids is 4. The number of rotatable bonds is 11. The predicted octanol–water partition coefficient (Wildman–Crippen LogP) is 7.38. The first-order valence-electron chi connectivity index (χ1n) is 20.0. The minimum atomic E-state index is -0.702. The van der Waals surface area contributed by atoms with Gasteiger partial charge >= 0.3 is 12.2 Å². The average molecular weight is 789 g/mol. The normalized spacial score (nSPS) is 17.8. The summed E-state index contributed by atoms with van der Waals surface area (Å²) in [5.74, 6) is 0.920. The van der Waals surface area contributed by atoms with Crippen LogP contribution in [0.15, 0.2) is 73.1 Å². The molecule has 0 aliphatic carbocycles. The summed E-state index contributed by atoms with van der Waals surface area (Å²) in [6, 6.07) is 19.0. The molecule has 58 heavy (non-hydrogen) atoms. The quantitative estimate of drug-likeness (QED) is 0.107. The SMILES string of the molecule is COC(=O)N[C@H](C(=O)N1CCC[C@H]1c1ncc(-c2ccc(-c3cccc4c(-c5cnc([C@@H]6CCCN6C(=O)[C@@H](NC(=O)OC)C(C)C)[nH]5)cccc34)cc2)[nH]1)C(C)C. The van der Waals surface area contributed by atoms with Gasteiger partial charge in [0, 0.05) is 18.7 Å². The van der Waals surface area contributed by atoms with E-state index in [-0.39, 0.29) is 35.7 Å². The van der Waals surface area contributed by atoms with E-state index in [0.29, 0.717) is 13.1 Å². The van der Waals surface area contributed by atoms with Gasteiger partial charge in [0.1, 0.15) is 23.7 Å². The van der Waals surface area contributed by atoms with Crippen molar-refractivity contribution in [1.82, 2.24) is 40.4 Å². The summed E-state index contributed by atoms with van der Waals surface area (Å²) < 4.78 is 9.56. The summed E-state index contributed by atoms with van der Waals surface area (Å²) in [5.41, 5.74) is 5.83. The third-order valence-electron chi connectivity index (χ3n) is 11.4. The van der Waals surface area contributed by atoms with Crippen LogP contribution in [-0.4, -0.2) is 93.1 Å². The number of aromatic nitrogens is 4. The van der Waals surface area contributed by atoms with Gasteiger partial charge in [0.2, 0.25) is 11.8 Å². The molecule has 4 N–H and O–H groups in total. The molecule has 2 aliphatic heterocycles. The predicted molar refractivity (Wildman–Crippen MR) is 220 cm³/mol. The van der Waals surface area contributed by atoms with Crippen molar-refractivity contribution in [3.8, 4) is 33.6 Å². The maximum Gasteiger partial charge on any atom is 0.407 e. The van der Waals surface area contributed by atoms with E-state index in [1.54, 1.807) is 0 Å². The number of H-pyrrole nitrogens is 2. The highest BCUT2D eigenvalue weighted by Gasteiger charge is 2.39. The van der Waals surface area contributed by atoms with Crippen LogP contribution in [0, 0.1) is 11.8 Å². The third kappa shape index (κ3) is 8.00. The van der Waals surface area contributed by atoms with Crippen molar-refractivity contribution < 1.29 is 28.7 Å². The number of hydrogen-bond acceptors (Lipinski definition) is 8. The third-order valence-corrected chi connectivity index (χ3v) is 11.4. The molecule has 7 rings (SSSR count). The Labute approximate surface area is 338 Å². The number of methoxy groups -OCH3 is 2. The minimum Gasteiger partial charge on any atom is -0.453 e. The van der Waals surface area contributed by atoms with Crippen LogP contribution in [0.25, 0.3) is 44.4 Å². The molecule has 14 nitrogen and oxygen atoms in total. The zero-order chi connectivity index (χ0) is 41.1. The molecule has 5 aromatic rings. The molecule has 4 heterocycles. The largest absolute Gasteiger partial charge is 0.453 e. The molecular weight excluding hydrogens is 737 g/mol. The molecule has 3 aromatic carbocycles. The number of imidazole rings is 2. The molecule has 0 spiro atoms. The maximum absolute atomic E-state index is 13.7. The van der Waals surface area contributed by atoms with Crippen molar-refractivity contribution in [2.24, 2.45) is 11.8 Å². The second kappa shape index (κ2) is 17.1. The molecular formula is C44H52N8O6. The van der Waals surface area contributed by atoms with Crippen molar-refractivity contribution >= 4 is 34.8 Å². The second-order valence-electron chi connectivity index (χ2n) is 15.7. The van der Waals surface area contributed by atoms with Gasteiger partial charge in [0.05, 0.1) is 50.1 Å². The first-order chi connectivity index (χ1) is 28.0. The van der Waals surface area contributed by atoms with Gasteiger partial charge < -0.3 is 39.9 Å². The lowest BCUT2D eigenvalue weighted by Gasteiger charge is -2.30. The van der Waals surface area contributed by atoms with Crippen molar-refractivity contribution in [2.75, 3.05) is 27.3 Å². The van der Waals surface area contributed by atoms with Crippen LogP contribution in [0.2, 0.25) is 0 Å². The standard InChI is InChI=1S/C44H52N8O6/c1-25(2)37(49-43(55)57-5)41(53)51-21-9-15-35(51)39-45-23-33(47-39)28-19-17-27(18-20-28)29-11-7-13-31-30(29)12-8-14-32(31)34-24-46-40(48-34)36-16-10-22-52(36)42(54)38(26(3)4)50-44(56)58-6/h7-8,11-14,17-20,23-26,35-38H,9-10,15-16,21-22H2,1-6H3,(H,45,47)(H,46,48)(H,49,55)(H,50,56)/t35-,36-,37-,38-/m0/s1. The molecule has 2 aliphatic rings. The molecule has 4 atom stereocenters. The Morgan fingerprint density at radius 2 is 1.09 bits per heavy atom. The number of benzene rings is 3. The second-order valence-corrected chi connectivity index (χ2v) is 15.7. The van der Waals surface area contributed by atoms with Crippen LogP contribution in [0.5, 0.6) is 0 Å². The Kier molecular flexibility index (Phi) is 11.8. The molecule has 4 amide bonds. The van der Waals surface area contributed by atoms with E-state index in [9.17, 15) is 19.2 Å². The monoisotopic (exact) mass is 788 g/mol. The van der Waals surface area contributed by atoms with Gasteiger partial charge in [-0.3, -0.25) is 9.59 Å². The smallest absolute Gasteiger partial charge is 0.407 e. The van der Waals surface area contributed by atoms with E-state index in [1.807, 2.05) is 56.0 Å². The summed E-state index contributed by atoms with van der Waals surface area (Å²) in [6.45, 7) is 8.78. The molecule has 2 saturated heterocycles.